The summed E-state index contributed by atoms with van der Waals surface area (Å²) < 4.78 is 10.6. The lowest BCUT2D eigenvalue weighted by Crippen LogP contribution is -2.37. The lowest BCUT2D eigenvalue weighted by Gasteiger charge is -2.32. The second kappa shape index (κ2) is 6.31. The van der Waals surface area contributed by atoms with Crippen molar-refractivity contribution in [3.63, 3.8) is 0 Å². The zero-order chi connectivity index (χ0) is 14.6. The Morgan fingerprint density at radius 2 is 2.05 bits per heavy atom. The Labute approximate surface area is 120 Å². The van der Waals surface area contributed by atoms with E-state index in [9.17, 15) is 4.79 Å². The van der Waals surface area contributed by atoms with Crippen LogP contribution in [0.3, 0.4) is 0 Å². The Bertz CT molecular complexity index is 415. The number of amides is 1. The molecule has 1 fully saturated rings. The van der Waals surface area contributed by atoms with E-state index in [1.807, 2.05) is 32.9 Å². The Kier molecular flexibility index (Phi) is 4.70. The Morgan fingerprint density at radius 1 is 1.35 bits per heavy atom. The van der Waals surface area contributed by atoms with E-state index in [0.717, 1.165) is 44.8 Å². The largest absolute Gasteiger partial charge is 0.444 e. The predicted molar refractivity (Wildman–Crippen MR) is 77.2 cm³/mol. The van der Waals surface area contributed by atoms with Crippen molar-refractivity contribution in [3.05, 3.63) is 23.5 Å². The van der Waals surface area contributed by atoms with E-state index in [-0.39, 0.29) is 0 Å². The summed E-state index contributed by atoms with van der Waals surface area (Å²) in [7, 11) is 0. The molecule has 0 aromatic rings. The maximum Gasteiger partial charge on any atom is 0.412 e. The van der Waals surface area contributed by atoms with Gasteiger partial charge in [0, 0.05) is 24.5 Å². The first-order valence-electron chi connectivity index (χ1n) is 7.17. The smallest absolute Gasteiger partial charge is 0.412 e. The van der Waals surface area contributed by atoms with E-state index in [4.69, 9.17) is 9.47 Å². The minimum atomic E-state index is -0.476. The summed E-state index contributed by atoms with van der Waals surface area (Å²) in [6.07, 6.45) is 5.63. The van der Waals surface area contributed by atoms with Crippen molar-refractivity contribution >= 4 is 6.09 Å². The first kappa shape index (κ1) is 14.9. The van der Waals surface area contributed by atoms with Crippen LogP contribution in [-0.4, -0.2) is 42.9 Å². The Morgan fingerprint density at radius 3 is 2.70 bits per heavy atom. The van der Waals surface area contributed by atoms with E-state index in [1.54, 1.807) is 0 Å². The van der Waals surface area contributed by atoms with Gasteiger partial charge in [0.1, 0.15) is 5.60 Å². The van der Waals surface area contributed by atoms with Crippen molar-refractivity contribution < 1.29 is 14.3 Å². The number of allylic oxidation sites excluding steroid dienone is 3. The average Bonchev–Trinajstić information content (AvgIpc) is 2.38. The van der Waals surface area contributed by atoms with Crippen molar-refractivity contribution in [1.82, 2.24) is 10.2 Å². The molecular weight excluding hydrogens is 256 g/mol. The third kappa shape index (κ3) is 4.56. The molecule has 1 aliphatic heterocycles. The molecule has 112 valence electrons. The maximum absolute atomic E-state index is 11.8. The van der Waals surface area contributed by atoms with Crippen LogP contribution >= 0.6 is 0 Å². The molecule has 1 aliphatic carbocycles. The van der Waals surface area contributed by atoms with E-state index >= 15 is 0 Å². The molecule has 0 unspecified atom stereocenters. The van der Waals surface area contributed by atoms with Gasteiger partial charge >= 0.3 is 6.09 Å². The molecule has 5 heteroatoms. The quantitative estimate of drug-likeness (QED) is 0.844. The zero-order valence-electron chi connectivity index (χ0n) is 12.6. The topological polar surface area (TPSA) is 50.8 Å². The molecule has 1 saturated heterocycles. The number of nitrogens with one attached hydrogen (secondary N) is 1. The van der Waals surface area contributed by atoms with Crippen LogP contribution < -0.4 is 5.32 Å². The van der Waals surface area contributed by atoms with Gasteiger partial charge in [0.25, 0.3) is 0 Å². The first-order valence-corrected chi connectivity index (χ1v) is 7.17. The van der Waals surface area contributed by atoms with Crippen LogP contribution in [-0.2, 0) is 9.47 Å². The number of carbonyl (C=O) groups excluding carboxylic acids is 1. The first-order chi connectivity index (χ1) is 9.44. The maximum atomic E-state index is 11.8. The average molecular weight is 280 g/mol. The van der Waals surface area contributed by atoms with Gasteiger partial charge in [-0.05, 0) is 39.7 Å². The highest BCUT2D eigenvalue weighted by atomic mass is 16.6. The van der Waals surface area contributed by atoms with Crippen LogP contribution in [0.4, 0.5) is 4.79 Å². The van der Waals surface area contributed by atoms with Crippen LogP contribution in [0.15, 0.2) is 23.5 Å². The molecule has 1 N–H and O–H groups in total. The summed E-state index contributed by atoms with van der Waals surface area (Å²) in [4.78, 5) is 14.1. The van der Waals surface area contributed by atoms with Gasteiger partial charge in [0.15, 0.2) is 0 Å². The van der Waals surface area contributed by atoms with Gasteiger partial charge in [-0.25, -0.2) is 4.79 Å². The normalized spacial score (nSPS) is 20.1. The molecule has 0 atom stereocenters. The second-order valence-electron chi connectivity index (χ2n) is 6.06. The van der Waals surface area contributed by atoms with Crippen molar-refractivity contribution in [2.75, 3.05) is 26.3 Å². The summed E-state index contributed by atoms with van der Waals surface area (Å²) in [5.74, 6) is 0. The third-order valence-corrected chi connectivity index (χ3v) is 3.15. The molecule has 5 nitrogen and oxygen atoms in total. The zero-order valence-corrected chi connectivity index (χ0v) is 12.6. The summed E-state index contributed by atoms with van der Waals surface area (Å²) in [5.41, 5.74) is 1.62. The molecule has 2 aliphatic rings. The van der Waals surface area contributed by atoms with Crippen LogP contribution in [0.25, 0.3) is 0 Å². The fourth-order valence-electron chi connectivity index (χ4n) is 2.29. The van der Waals surface area contributed by atoms with Gasteiger partial charge in [-0.3, -0.25) is 5.32 Å². The van der Waals surface area contributed by atoms with E-state index in [2.05, 4.69) is 10.2 Å². The lowest BCUT2D eigenvalue weighted by atomic mass is 10.1. The summed E-state index contributed by atoms with van der Waals surface area (Å²) >= 11 is 0. The van der Waals surface area contributed by atoms with Crippen molar-refractivity contribution in [2.45, 2.75) is 39.2 Å². The number of hydrogen-bond donors (Lipinski definition) is 1. The monoisotopic (exact) mass is 280 g/mol. The second-order valence-corrected chi connectivity index (χ2v) is 6.06. The molecule has 0 radical (unpaired) electrons. The Balaban J connectivity index is 1.93. The van der Waals surface area contributed by atoms with Gasteiger partial charge < -0.3 is 14.4 Å². The summed E-state index contributed by atoms with van der Waals surface area (Å²) in [5, 5.41) is 2.81. The van der Waals surface area contributed by atoms with Gasteiger partial charge in [-0.15, -0.1) is 0 Å². The number of nitrogens with zero attached hydrogens (tertiary/aromatic N) is 1. The van der Waals surface area contributed by atoms with E-state index in [0.29, 0.717) is 0 Å². The number of rotatable bonds is 2. The van der Waals surface area contributed by atoms with Gasteiger partial charge in [-0.1, -0.05) is 6.08 Å². The van der Waals surface area contributed by atoms with Gasteiger partial charge in [0.05, 0.1) is 13.2 Å². The summed E-state index contributed by atoms with van der Waals surface area (Å²) in [6, 6.07) is 0. The number of hydrogen-bond acceptors (Lipinski definition) is 4. The molecule has 2 rings (SSSR count). The molecule has 1 heterocycles. The van der Waals surface area contributed by atoms with E-state index < -0.39 is 11.7 Å². The molecule has 0 bridgehead atoms. The van der Waals surface area contributed by atoms with Crippen molar-refractivity contribution in [3.8, 4) is 0 Å². The molecule has 0 aromatic carbocycles. The minimum absolute atomic E-state index is 0.400. The predicted octanol–water partition coefficient (Wildman–Crippen LogP) is 2.40. The summed E-state index contributed by atoms with van der Waals surface area (Å²) in [6.45, 7) is 8.97. The minimum Gasteiger partial charge on any atom is -0.444 e. The molecule has 20 heavy (non-hydrogen) atoms. The molecule has 1 amide bonds. The third-order valence-electron chi connectivity index (χ3n) is 3.15. The van der Waals surface area contributed by atoms with Gasteiger partial charge in [0.2, 0.25) is 0 Å². The van der Waals surface area contributed by atoms with Crippen molar-refractivity contribution in [1.29, 1.82) is 0 Å². The van der Waals surface area contributed by atoms with Crippen molar-refractivity contribution in [2.24, 2.45) is 0 Å². The fourth-order valence-corrected chi connectivity index (χ4v) is 2.29. The molecular formula is C15H24N2O3. The molecule has 0 saturated carbocycles. The van der Waals surface area contributed by atoms with Crippen LogP contribution in [0.5, 0.6) is 0 Å². The number of morpholine rings is 1. The fraction of sp³-hybridized carbons (Fsp3) is 0.667. The molecule has 0 spiro atoms. The lowest BCUT2D eigenvalue weighted by molar-refractivity contribution is 0.0512. The highest BCUT2D eigenvalue weighted by Gasteiger charge is 2.19. The number of ether oxygens (including phenoxy) is 2. The van der Waals surface area contributed by atoms with Gasteiger partial charge in [-0.2, -0.15) is 0 Å². The van der Waals surface area contributed by atoms with Crippen LogP contribution in [0.2, 0.25) is 0 Å². The number of carbonyl (C=O) groups is 1. The Hall–Kier alpha value is -1.49. The van der Waals surface area contributed by atoms with Crippen LogP contribution in [0, 0.1) is 0 Å². The highest BCUT2D eigenvalue weighted by Crippen LogP contribution is 2.21. The highest BCUT2D eigenvalue weighted by molar-refractivity contribution is 5.70. The standard InChI is InChI=1S/C15H24N2O3/c1-15(2,3)20-14(18)16-12-5-4-6-13(11-12)17-7-9-19-10-8-17/h5,11H,4,6-10H2,1-3H3,(H,16,18). The van der Waals surface area contributed by atoms with E-state index in [1.165, 1.54) is 5.70 Å². The van der Waals surface area contributed by atoms with Crippen LogP contribution in [0.1, 0.15) is 33.6 Å². The molecule has 0 aromatic heterocycles. The number of alkyl carbamates (subject to hydrolysis) is 1. The SMILES string of the molecule is CC(C)(C)OC(=O)NC1=CCCC(N2CCOCC2)=C1.